The molecule has 0 radical (unpaired) electrons. The van der Waals surface area contributed by atoms with E-state index >= 15 is 0 Å². The van der Waals surface area contributed by atoms with E-state index in [0.29, 0.717) is 12.2 Å². The fourth-order valence-electron chi connectivity index (χ4n) is 3.47. The number of likely N-dealkylation sites (N-methyl/N-ethyl adjacent to an activating group) is 2. The lowest BCUT2D eigenvalue weighted by Crippen LogP contribution is -2.46. The van der Waals surface area contributed by atoms with Crippen LogP contribution >= 0.6 is 0 Å². The molecule has 1 aromatic heterocycles. The minimum Gasteiger partial charge on any atom is -0.485 e. The molecule has 0 spiro atoms. The Balaban J connectivity index is 1.51. The third-order valence-electron chi connectivity index (χ3n) is 4.80. The lowest BCUT2D eigenvalue weighted by molar-refractivity contribution is 0.0706. The lowest BCUT2D eigenvalue weighted by atomic mass is 10.1. The third kappa shape index (κ3) is 2.87. The number of benzene rings is 2. The Morgan fingerprint density at radius 2 is 2.04 bits per heavy atom. The number of nitrogens with zero attached hydrogens (tertiary/aromatic N) is 3. The predicted molar refractivity (Wildman–Crippen MR) is 102 cm³/mol. The normalized spacial score (nSPS) is 16.2. The highest BCUT2D eigenvalue weighted by Crippen LogP contribution is 2.33. The average molecular weight is 350 g/mol. The number of nitrogens with one attached hydrogen (secondary N) is 1. The summed E-state index contributed by atoms with van der Waals surface area (Å²) in [4.78, 5) is 16.8. The first kappa shape index (κ1) is 16.4. The number of rotatable bonds is 4. The summed E-state index contributed by atoms with van der Waals surface area (Å²) in [6, 6.07) is 15.7. The van der Waals surface area contributed by atoms with Gasteiger partial charge in [0.05, 0.1) is 24.3 Å². The van der Waals surface area contributed by atoms with Crippen molar-refractivity contribution in [2.45, 2.75) is 13.0 Å². The van der Waals surface area contributed by atoms with Crippen LogP contribution in [0.5, 0.6) is 5.75 Å². The first-order chi connectivity index (χ1) is 12.7. The number of carbonyl (C=O) groups excluding carboxylic acids is 1. The number of amides is 1. The Morgan fingerprint density at radius 1 is 1.27 bits per heavy atom. The van der Waals surface area contributed by atoms with Gasteiger partial charge in [-0.1, -0.05) is 30.3 Å². The Morgan fingerprint density at radius 3 is 2.88 bits per heavy atom. The number of anilines is 1. The summed E-state index contributed by atoms with van der Waals surface area (Å²) < 4.78 is 6.13. The molecule has 1 atom stereocenters. The van der Waals surface area contributed by atoms with Gasteiger partial charge < -0.3 is 14.5 Å². The van der Waals surface area contributed by atoms with E-state index in [1.807, 2.05) is 42.5 Å². The van der Waals surface area contributed by atoms with E-state index in [1.54, 1.807) is 11.9 Å². The van der Waals surface area contributed by atoms with Crippen molar-refractivity contribution in [1.82, 2.24) is 15.1 Å². The Bertz CT molecular complexity index is 936. The zero-order valence-corrected chi connectivity index (χ0v) is 15.0. The molecule has 3 aromatic rings. The van der Waals surface area contributed by atoms with Gasteiger partial charge in [-0.05, 0) is 25.1 Å². The molecule has 4 rings (SSSR count). The fraction of sp³-hybridized carbons (Fsp3) is 0.300. The minimum absolute atomic E-state index is 0.0796. The molecule has 6 heteroatoms. The molecule has 0 unspecified atom stereocenters. The van der Waals surface area contributed by atoms with E-state index < -0.39 is 0 Å². The monoisotopic (exact) mass is 350 g/mol. The Hall–Kier alpha value is -3.02. The smallest absolute Gasteiger partial charge is 0.274 e. The quantitative estimate of drug-likeness (QED) is 0.786. The van der Waals surface area contributed by atoms with E-state index in [1.165, 1.54) is 0 Å². The van der Waals surface area contributed by atoms with Gasteiger partial charge in [0.25, 0.3) is 5.91 Å². The number of H-pyrrole nitrogens is 1. The Labute approximate surface area is 152 Å². The number of aromatic nitrogens is 2. The van der Waals surface area contributed by atoms with Gasteiger partial charge >= 0.3 is 0 Å². The van der Waals surface area contributed by atoms with Crippen molar-refractivity contribution in [3.05, 3.63) is 54.2 Å². The van der Waals surface area contributed by atoms with Gasteiger partial charge in [-0.15, -0.1) is 0 Å². The van der Waals surface area contributed by atoms with Crippen LogP contribution in [-0.2, 0) is 0 Å². The SMILES string of the molecule is CCN1C[C@H](CN(C)C(=O)c2n[nH]c3ccccc23)Oc2ccccc21. The number of aromatic amines is 1. The van der Waals surface area contributed by atoms with Crippen molar-refractivity contribution in [3.63, 3.8) is 0 Å². The topological polar surface area (TPSA) is 61.5 Å². The second-order valence-electron chi connectivity index (χ2n) is 6.55. The molecule has 6 nitrogen and oxygen atoms in total. The summed E-state index contributed by atoms with van der Waals surface area (Å²) in [5.74, 6) is 0.768. The van der Waals surface area contributed by atoms with Gasteiger partial charge in [-0.25, -0.2) is 0 Å². The van der Waals surface area contributed by atoms with Gasteiger partial charge in [0, 0.05) is 19.0 Å². The molecule has 0 saturated carbocycles. The molecule has 1 amide bonds. The summed E-state index contributed by atoms with van der Waals surface area (Å²) in [5.41, 5.74) is 2.43. The second-order valence-corrected chi connectivity index (χ2v) is 6.55. The third-order valence-corrected chi connectivity index (χ3v) is 4.80. The standard InChI is InChI=1S/C20H22N4O2/c1-3-24-13-14(26-18-11-7-6-10-17(18)24)12-23(2)20(25)19-15-8-4-5-9-16(15)21-22-19/h4-11,14H,3,12-13H2,1-2H3,(H,21,22)/t14-/m0/s1. The van der Waals surface area contributed by atoms with Crippen LogP contribution in [0.25, 0.3) is 10.9 Å². The largest absolute Gasteiger partial charge is 0.485 e. The molecule has 0 saturated heterocycles. The van der Waals surface area contributed by atoms with Crippen LogP contribution in [-0.4, -0.2) is 53.8 Å². The molecule has 0 fully saturated rings. The predicted octanol–water partition coefficient (Wildman–Crippen LogP) is 2.92. The van der Waals surface area contributed by atoms with Gasteiger partial charge in [0.1, 0.15) is 11.9 Å². The number of para-hydroxylation sites is 3. The number of fused-ring (bicyclic) bond motifs is 2. The highest BCUT2D eigenvalue weighted by atomic mass is 16.5. The van der Waals surface area contributed by atoms with Crippen LogP contribution in [0.2, 0.25) is 0 Å². The summed E-state index contributed by atoms with van der Waals surface area (Å²) in [5, 5.41) is 7.97. The maximum absolute atomic E-state index is 12.9. The average Bonchev–Trinajstić information content (AvgIpc) is 3.10. The van der Waals surface area contributed by atoms with E-state index in [2.05, 4.69) is 28.1 Å². The zero-order valence-electron chi connectivity index (χ0n) is 15.0. The first-order valence-corrected chi connectivity index (χ1v) is 8.86. The summed E-state index contributed by atoms with van der Waals surface area (Å²) >= 11 is 0. The van der Waals surface area contributed by atoms with Crippen molar-refractivity contribution in [2.75, 3.05) is 31.6 Å². The lowest BCUT2D eigenvalue weighted by Gasteiger charge is -2.37. The summed E-state index contributed by atoms with van der Waals surface area (Å²) in [7, 11) is 1.80. The number of hydrogen-bond donors (Lipinski definition) is 1. The Kier molecular flexibility index (Phi) is 4.24. The first-order valence-electron chi connectivity index (χ1n) is 8.86. The minimum atomic E-state index is -0.104. The molecule has 0 bridgehead atoms. The molecule has 134 valence electrons. The molecule has 1 aliphatic rings. The van der Waals surface area contributed by atoms with Gasteiger partial charge in [-0.3, -0.25) is 9.89 Å². The molecule has 2 heterocycles. The molecular weight excluding hydrogens is 328 g/mol. The molecular formula is C20H22N4O2. The number of ether oxygens (including phenoxy) is 1. The van der Waals surface area contributed by atoms with Gasteiger partial charge in [0.15, 0.2) is 5.69 Å². The van der Waals surface area contributed by atoms with Crippen LogP contribution in [0.4, 0.5) is 5.69 Å². The van der Waals surface area contributed by atoms with E-state index in [0.717, 1.165) is 35.4 Å². The van der Waals surface area contributed by atoms with Crippen LogP contribution in [0.3, 0.4) is 0 Å². The molecule has 0 aliphatic carbocycles. The maximum Gasteiger partial charge on any atom is 0.274 e. The van der Waals surface area contributed by atoms with Crippen LogP contribution in [0.1, 0.15) is 17.4 Å². The van der Waals surface area contributed by atoms with E-state index in [9.17, 15) is 4.79 Å². The molecule has 26 heavy (non-hydrogen) atoms. The van der Waals surface area contributed by atoms with Crippen LogP contribution in [0.15, 0.2) is 48.5 Å². The van der Waals surface area contributed by atoms with Crippen molar-refractivity contribution in [1.29, 1.82) is 0 Å². The van der Waals surface area contributed by atoms with Crippen LogP contribution < -0.4 is 9.64 Å². The van der Waals surface area contributed by atoms with E-state index in [-0.39, 0.29) is 12.0 Å². The van der Waals surface area contributed by atoms with Crippen molar-refractivity contribution < 1.29 is 9.53 Å². The molecule has 2 aromatic carbocycles. The van der Waals surface area contributed by atoms with Crippen molar-refractivity contribution in [2.24, 2.45) is 0 Å². The van der Waals surface area contributed by atoms with Gasteiger partial charge in [-0.2, -0.15) is 5.10 Å². The summed E-state index contributed by atoms with van der Waals surface area (Å²) in [6.07, 6.45) is -0.0796. The molecule has 1 N–H and O–H groups in total. The number of carbonyl (C=O) groups is 1. The number of hydrogen-bond acceptors (Lipinski definition) is 4. The maximum atomic E-state index is 12.9. The zero-order chi connectivity index (χ0) is 18.1. The van der Waals surface area contributed by atoms with Crippen LogP contribution in [0, 0.1) is 0 Å². The summed E-state index contributed by atoms with van der Waals surface area (Å²) in [6.45, 7) is 4.29. The highest BCUT2D eigenvalue weighted by Gasteiger charge is 2.28. The van der Waals surface area contributed by atoms with Gasteiger partial charge in [0.2, 0.25) is 0 Å². The molecule has 1 aliphatic heterocycles. The van der Waals surface area contributed by atoms with Crippen molar-refractivity contribution in [3.8, 4) is 5.75 Å². The second kappa shape index (κ2) is 6.71. The fourth-order valence-corrected chi connectivity index (χ4v) is 3.47. The van der Waals surface area contributed by atoms with Crippen molar-refractivity contribution >= 4 is 22.5 Å². The highest BCUT2D eigenvalue weighted by molar-refractivity contribution is 6.04. The van der Waals surface area contributed by atoms with E-state index in [4.69, 9.17) is 4.74 Å².